The van der Waals surface area contributed by atoms with Crippen LogP contribution in [0.2, 0.25) is 0 Å². The number of piperazine rings is 1. The second kappa shape index (κ2) is 16.0. The Bertz CT molecular complexity index is 1730. The largest absolute Gasteiger partial charge is 0.508 e. The van der Waals surface area contributed by atoms with Crippen molar-refractivity contribution < 1.29 is 39.0 Å². The summed E-state index contributed by atoms with van der Waals surface area (Å²) in [5, 5.41) is 45.6. The SMILES string of the molecule is N=C1NC(=O)[C@]2(O)[C@@H](NC(=O)C3CCCN3C(=O)C(CNC(=O)CC3N[C@H](Cc4ccccc4)C(=O)NC3Cc3ccc(O)cc3)NC=O)CCCN12. The number of aromatic hydroxyl groups is 1. The molecule has 17 nitrogen and oxygen atoms in total. The van der Waals surface area contributed by atoms with Crippen LogP contribution in [0.15, 0.2) is 54.6 Å². The van der Waals surface area contributed by atoms with Gasteiger partial charge in [-0.05, 0) is 61.8 Å². The summed E-state index contributed by atoms with van der Waals surface area (Å²) >= 11 is 0. The molecule has 2 aromatic carbocycles. The van der Waals surface area contributed by atoms with Crippen molar-refractivity contribution in [2.24, 2.45) is 0 Å². The second-order valence-electron chi connectivity index (χ2n) is 13.9. The van der Waals surface area contributed by atoms with Crippen LogP contribution in [0.4, 0.5) is 0 Å². The van der Waals surface area contributed by atoms with E-state index in [0.717, 1.165) is 11.1 Å². The molecule has 6 amide bonds. The Morgan fingerprint density at radius 2 is 1.70 bits per heavy atom. The number of phenols is 1. The van der Waals surface area contributed by atoms with Gasteiger partial charge in [0.15, 0.2) is 0 Å². The first-order chi connectivity index (χ1) is 25.5. The number of fused-ring (bicyclic) bond motifs is 1. The Morgan fingerprint density at radius 1 is 0.981 bits per heavy atom. The highest BCUT2D eigenvalue weighted by Crippen LogP contribution is 2.31. The van der Waals surface area contributed by atoms with E-state index < -0.39 is 65.6 Å². The minimum Gasteiger partial charge on any atom is -0.508 e. The number of nitrogens with one attached hydrogen (secondary N) is 7. The molecule has 53 heavy (non-hydrogen) atoms. The summed E-state index contributed by atoms with van der Waals surface area (Å²) in [7, 11) is 0. The molecule has 4 fully saturated rings. The number of nitrogens with zero attached hydrogens (tertiary/aromatic N) is 2. The third kappa shape index (κ3) is 8.10. The van der Waals surface area contributed by atoms with Gasteiger partial charge in [-0.25, -0.2) is 0 Å². The van der Waals surface area contributed by atoms with Gasteiger partial charge in [-0.15, -0.1) is 0 Å². The molecule has 0 aliphatic carbocycles. The van der Waals surface area contributed by atoms with Gasteiger partial charge in [0.05, 0.1) is 12.1 Å². The van der Waals surface area contributed by atoms with Crippen molar-refractivity contribution in [3.05, 3.63) is 65.7 Å². The van der Waals surface area contributed by atoms with E-state index in [9.17, 15) is 39.0 Å². The van der Waals surface area contributed by atoms with Crippen molar-refractivity contribution in [3.63, 3.8) is 0 Å². The number of phenolic OH excluding ortho intramolecular Hbond substituents is 1. The molecule has 17 heteroatoms. The van der Waals surface area contributed by atoms with Gasteiger partial charge in [-0.3, -0.25) is 39.5 Å². The highest BCUT2D eigenvalue weighted by molar-refractivity contribution is 6.07. The molecule has 4 unspecified atom stereocenters. The molecule has 6 rings (SSSR count). The average molecular weight is 732 g/mol. The number of amides is 6. The van der Waals surface area contributed by atoms with Gasteiger partial charge in [0, 0.05) is 38.1 Å². The van der Waals surface area contributed by atoms with E-state index in [2.05, 4.69) is 31.9 Å². The van der Waals surface area contributed by atoms with Gasteiger partial charge in [0.2, 0.25) is 41.7 Å². The van der Waals surface area contributed by atoms with E-state index in [4.69, 9.17) is 5.41 Å². The van der Waals surface area contributed by atoms with Crippen LogP contribution in [0.5, 0.6) is 5.75 Å². The number of hydrogen-bond acceptors (Lipinski definition) is 10. The second-order valence-corrected chi connectivity index (χ2v) is 13.9. The van der Waals surface area contributed by atoms with E-state index in [1.54, 1.807) is 24.3 Å². The summed E-state index contributed by atoms with van der Waals surface area (Å²) in [5.41, 5.74) is -0.338. The predicted molar refractivity (Wildman–Crippen MR) is 189 cm³/mol. The molecule has 0 aromatic heterocycles. The highest BCUT2D eigenvalue weighted by atomic mass is 16.3. The Hall–Kier alpha value is -5.55. The van der Waals surface area contributed by atoms with Crippen LogP contribution < -0.4 is 31.9 Å². The number of guanidine groups is 1. The van der Waals surface area contributed by atoms with E-state index in [0.29, 0.717) is 38.5 Å². The lowest BCUT2D eigenvalue weighted by molar-refractivity contribution is -0.160. The van der Waals surface area contributed by atoms with Crippen molar-refractivity contribution in [1.82, 2.24) is 41.7 Å². The summed E-state index contributed by atoms with van der Waals surface area (Å²) in [4.78, 5) is 80.6. The summed E-state index contributed by atoms with van der Waals surface area (Å²) in [5.74, 6) is -2.76. The maximum absolute atomic E-state index is 13.8. The molecule has 282 valence electrons. The van der Waals surface area contributed by atoms with E-state index in [1.165, 1.54) is 9.80 Å². The number of carbonyl (C=O) groups is 6. The number of benzene rings is 2. The molecule has 9 N–H and O–H groups in total. The van der Waals surface area contributed by atoms with Crippen molar-refractivity contribution in [3.8, 4) is 5.75 Å². The van der Waals surface area contributed by atoms with E-state index in [-0.39, 0.29) is 50.1 Å². The number of rotatable bonds is 13. The number of aliphatic hydroxyl groups is 1. The zero-order valence-corrected chi connectivity index (χ0v) is 29.0. The normalized spacial score (nSPS) is 27.3. The number of carbonyl (C=O) groups excluding carboxylic acids is 6. The van der Waals surface area contributed by atoms with Crippen LogP contribution in [0.1, 0.15) is 43.2 Å². The number of likely N-dealkylation sites (tertiary alicyclic amines) is 1. The fourth-order valence-corrected chi connectivity index (χ4v) is 7.69. The van der Waals surface area contributed by atoms with Gasteiger partial charge in [-0.2, -0.15) is 0 Å². The molecular weight excluding hydrogens is 686 g/mol. The van der Waals surface area contributed by atoms with Crippen LogP contribution in [-0.2, 0) is 41.6 Å². The third-order valence-corrected chi connectivity index (χ3v) is 10.5. The molecule has 0 radical (unpaired) electrons. The smallest absolute Gasteiger partial charge is 0.282 e. The lowest BCUT2D eigenvalue weighted by Gasteiger charge is -2.42. The van der Waals surface area contributed by atoms with Crippen molar-refractivity contribution >= 4 is 41.9 Å². The Balaban J connectivity index is 1.09. The number of piperidine rings is 1. The molecule has 4 aliphatic rings. The van der Waals surface area contributed by atoms with Gasteiger partial charge in [-0.1, -0.05) is 42.5 Å². The molecule has 0 bridgehead atoms. The molecule has 4 aliphatic heterocycles. The fraction of sp³-hybridized carbons (Fsp3) is 0.472. The molecule has 4 saturated heterocycles. The van der Waals surface area contributed by atoms with Crippen LogP contribution in [0, 0.1) is 5.41 Å². The van der Waals surface area contributed by atoms with Crippen molar-refractivity contribution in [1.29, 1.82) is 5.41 Å². The molecule has 4 heterocycles. The Morgan fingerprint density at radius 3 is 2.43 bits per heavy atom. The van der Waals surface area contributed by atoms with Gasteiger partial charge < -0.3 is 46.6 Å². The lowest BCUT2D eigenvalue weighted by atomic mass is 9.91. The standard InChI is InChI=1S/C36H45N9O8/c37-35-43-34(52)36(53)29(9-5-15-45(35)36)42-32(50)28-8-4-14-44(28)33(51)27(39-20-46)19-38-30(48)18-25-24(16-22-10-12-23(47)13-11-22)41-31(49)26(40-25)17-21-6-2-1-3-7-21/h1-3,6-7,10-13,20,24-29,40,47,53H,4-5,8-9,14-19H2,(H,38,48)(H,39,46)(H,41,49)(H,42,50)(H2,37,43,52)/t24?,25?,26-,27?,28?,29+,36-/m1/s1. The average Bonchev–Trinajstić information content (AvgIpc) is 3.72. The first-order valence-electron chi connectivity index (χ1n) is 17.8. The van der Waals surface area contributed by atoms with Gasteiger partial charge in [0.1, 0.15) is 17.8 Å². The Labute approximate surface area is 305 Å². The lowest BCUT2D eigenvalue weighted by Crippen LogP contribution is -2.67. The van der Waals surface area contributed by atoms with E-state index >= 15 is 0 Å². The maximum atomic E-state index is 13.8. The summed E-state index contributed by atoms with van der Waals surface area (Å²) in [6, 6.07) is 11.3. The van der Waals surface area contributed by atoms with Crippen LogP contribution in [-0.4, -0.2) is 124 Å². The first kappa shape index (κ1) is 37.2. The minimum absolute atomic E-state index is 0.0720. The minimum atomic E-state index is -2.12. The molecule has 7 atom stereocenters. The van der Waals surface area contributed by atoms with Crippen LogP contribution in [0.25, 0.3) is 0 Å². The zero-order chi connectivity index (χ0) is 37.7. The third-order valence-electron chi connectivity index (χ3n) is 10.5. The molecule has 0 spiro atoms. The topological polar surface area (TPSA) is 245 Å². The zero-order valence-electron chi connectivity index (χ0n) is 29.0. The molecular formula is C36H45N9O8. The van der Waals surface area contributed by atoms with Crippen LogP contribution in [0.3, 0.4) is 0 Å². The molecule has 2 aromatic rings. The fourth-order valence-electron chi connectivity index (χ4n) is 7.69. The molecule has 0 saturated carbocycles. The first-order valence-corrected chi connectivity index (χ1v) is 17.8. The van der Waals surface area contributed by atoms with Crippen LogP contribution >= 0.6 is 0 Å². The van der Waals surface area contributed by atoms with Crippen molar-refractivity contribution in [2.75, 3.05) is 19.6 Å². The number of hydrogen-bond donors (Lipinski definition) is 9. The summed E-state index contributed by atoms with van der Waals surface area (Å²) < 4.78 is 0. The quantitative estimate of drug-likeness (QED) is 0.102. The van der Waals surface area contributed by atoms with Gasteiger partial charge >= 0.3 is 0 Å². The monoisotopic (exact) mass is 731 g/mol. The maximum Gasteiger partial charge on any atom is 0.282 e. The highest BCUT2D eigenvalue weighted by Gasteiger charge is 2.58. The van der Waals surface area contributed by atoms with Gasteiger partial charge in [0.25, 0.3) is 5.91 Å². The predicted octanol–water partition coefficient (Wildman–Crippen LogP) is -2.05. The summed E-state index contributed by atoms with van der Waals surface area (Å²) in [6.07, 6.45) is 2.64. The summed E-state index contributed by atoms with van der Waals surface area (Å²) in [6.45, 7) is 0.204. The van der Waals surface area contributed by atoms with E-state index in [1.807, 2.05) is 30.3 Å². The Kier molecular flexibility index (Phi) is 11.2. The van der Waals surface area contributed by atoms with Crippen molar-refractivity contribution in [2.45, 2.75) is 86.9 Å².